The molecule has 0 unspecified atom stereocenters. The number of methoxy groups -OCH3 is 2. The van der Waals surface area contributed by atoms with E-state index in [4.69, 9.17) is 25.8 Å². The van der Waals surface area contributed by atoms with Crippen LogP contribution in [-0.2, 0) is 12.3 Å². The number of thiazole rings is 1. The molecule has 0 saturated heterocycles. The predicted octanol–water partition coefficient (Wildman–Crippen LogP) is 3.91. The summed E-state index contributed by atoms with van der Waals surface area (Å²) in [6.45, 7) is 0.597. The topological polar surface area (TPSA) is 40.6 Å². The van der Waals surface area contributed by atoms with Gasteiger partial charge >= 0.3 is 0 Å². The second kappa shape index (κ2) is 8.10. The molecule has 0 radical (unpaired) electrons. The van der Waals surface area contributed by atoms with Gasteiger partial charge in [0.05, 0.1) is 37.4 Å². The van der Waals surface area contributed by atoms with Crippen LogP contribution < -0.4 is 14.2 Å². The Morgan fingerprint density at radius 3 is 2.67 bits per heavy atom. The fourth-order valence-electron chi connectivity index (χ4n) is 1.90. The molecule has 6 heteroatoms. The third-order valence-electron chi connectivity index (χ3n) is 2.90. The quantitative estimate of drug-likeness (QED) is 0.544. The molecule has 1 aromatic heterocycles. The highest BCUT2D eigenvalue weighted by atomic mass is 35.5. The first-order chi connectivity index (χ1) is 10.3. The standard InChI is InChI=1S/C15H18ClNO3S/c1-18-12-5-3-6-13(15(12)19-2)20-8-4-7-14-17-11(9-16)10-21-14/h3,5-6,10H,4,7-9H2,1-2H3. The summed E-state index contributed by atoms with van der Waals surface area (Å²) in [5.74, 6) is 2.45. The lowest BCUT2D eigenvalue weighted by Crippen LogP contribution is -2.02. The summed E-state index contributed by atoms with van der Waals surface area (Å²) in [5, 5.41) is 3.08. The van der Waals surface area contributed by atoms with Gasteiger partial charge in [0.1, 0.15) is 0 Å². The summed E-state index contributed by atoms with van der Waals surface area (Å²) < 4.78 is 16.3. The van der Waals surface area contributed by atoms with Gasteiger partial charge < -0.3 is 14.2 Å². The van der Waals surface area contributed by atoms with Crippen LogP contribution in [0.15, 0.2) is 23.6 Å². The van der Waals surface area contributed by atoms with Gasteiger partial charge in [-0.1, -0.05) is 6.07 Å². The fraction of sp³-hybridized carbons (Fsp3) is 0.400. The maximum absolute atomic E-state index is 5.77. The van der Waals surface area contributed by atoms with E-state index in [-0.39, 0.29) is 0 Å². The summed E-state index contributed by atoms with van der Waals surface area (Å²) in [6.07, 6.45) is 1.77. The molecule has 2 aromatic rings. The number of para-hydroxylation sites is 1. The Morgan fingerprint density at radius 2 is 2.00 bits per heavy atom. The van der Waals surface area contributed by atoms with E-state index >= 15 is 0 Å². The first-order valence-electron chi connectivity index (χ1n) is 6.61. The lowest BCUT2D eigenvalue weighted by atomic mass is 10.3. The second-order valence-corrected chi connectivity index (χ2v) is 5.52. The molecule has 0 atom stereocenters. The zero-order chi connectivity index (χ0) is 15.1. The van der Waals surface area contributed by atoms with Gasteiger partial charge in [-0.05, 0) is 18.6 Å². The van der Waals surface area contributed by atoms with E-state index in [0.717, 1.165) is 23.5 Å². The van der Waals surface area contributed by atoms with Crippen molar-refractivity contribution in [2.75, 3.05) is 20.8 Å². The van der Waals surface area contributed by atoms with Crippen LogP contribution in [0.3, 0.4) is 0 Å². The highest BCUT2D eigenvalue weighted by molar-refractivity contribution is 7.09. The van der Waals surface area contributed by atoms with E-state index in [1.807, 2.05) is 23.6 Å². The van der Waals surface area contributed by atoms with Gasteiger partial charge in [-0.25, -0.2) is 4.98 Å². The minimum Gasteiger partial charge on any atom is -0.493 e. The second-order valence-electron chi connectivity index (χ2n) is 4.31. The number of hydrogen-bond donors (Lipinski definition) is 0. The molecule has 0 bridgehead atoms. The van der Waals surface area contributed by atoms with Crippen molar-refractivity contribution in [3.8, 4) is 17.2 Å². The molecule has 4 nitrogen and oxygen atoms in total. The van der Waals surface area contributed by atoms with Gasteiger partial charge in [0, 0.05) is 11.8 Å². The van der Waals surface area contributed by atoms with Crippen molar-refractivity contribution < 1.29 is 14.2 Å². The van der Waals surface area contributed by atoms with Crippen molar-refractivity contribution >= 4 is 22.9 Å². The van der Waals surface area contributed by atoms with E-state index < -0.39 is 0 Å². The van der Waals surface area contributed by atoms with E-state index in [0.29, 0.717) is 29.7 Å². The molecular weight excluding hydrogens is 310 g/mol. The predicted molar refractivity (Wildman–Crippen MR) is 85.0 cm³/mol. The molecule has 0 N–H and O–H groups in total. The summed E-state index contributed by atoms with van der Waals surface area (Å²) in [6, 6.07) is 5.59. The van der Waals surface area contributed by atoms with Crippen LogP contribution in [0.1, 0.15) is 17.1 Å². The highest BCUT2D eigenvalue weighted by Gasteiger charge is 2.10. The molecule has 1 aromatic carbocycles. The maximum atomic E-state index is 5.77. The van der Waals surface area contributed by atoms with Gasteiger partial charge in [0.15, 0.2) is 11.5 Å². The van der Waals surface area contributed by atoms with Gasteiger partial charge in [0.2, 0.25) is 5.75 Å². The molecular formula is C15H18ClNO3S. The Kier molecular flexibility index (Phi) is 6.14. The Balaban J connectivity index is 1.86. The lowest BCUT2D eigenvalue weighted by Gasteiger charge is -2.13. The first-order valence-corrected chi connectivity index (χ1v) is 8.03. The SMILES string of the molecule is COc1cccc(OCCCc2nc(CCl)cs2)c1OC. The van der Waals surface area contributed by atoms with E-state index in [2.05, 4.69) is 4.98 Å². The molecule has 1 heterocycles. The normalized spacial score (nSPS) is 10.4. The minimum atomic E-state index is 0.466. The number of benzene rings is 1. The van der Waals surface area contributed by atoms with Crippen LogP contribution in [-0.4, -0.2) is 25.8 Å². The van der Waals surface area contributed by atoms with Gasteiger partial charge in [-0.2, -0.15) is 0 Å². The largest absolute Gasteiger partial charge is 0.493 e. The third kappa shape index (κ3) is 4.25. The monoisotopic (exact) mass is 327 g/mol. The molecule has 0 aliphatic rings. The van der Waals surface area contributed by atoms with Gasteiger partial charge in [-0.15, -0.1) is 22.9 Å². The number of alkyl halides is 1. The minimum absolute atomic E-state index is 0.466. The number of aryl methyl sites for hydroxylation is 1. The lowest BCUT2D eigenvalue weighted by molar-refractivity contribution is 0.280. The fourth-order valence-corrected chi connectivity index (χ4v) is 2.97. The molecule has 0 amide bonds. The van der Waals surface area contributed by atoms with Crippen molar-refractivity contribution in [1.29, 1.82) is 0 Å². The van der Waals surface area contributed by atoms with Crippen molar-refractivity contribution in [2.45, 2.75) is 18.7 Å². The van der Waals surface area contributed by atoms with Crippen LogP contribution in [0.2, 0.25) is 0 Å². The Morgan fingerprint density at radius 1 is 1.19 bits per heavy atom. The molecule has 0 aliphatic heterocycles. The number of ether oxygens (including phenoxy) is 3. The van der Waals surface area contributed by atoms with Crippen molar-refractivity contribution in [1.82, 2.24) is 4.98 Å². The number of rotatable bonds is 8. The molecule has 2 rings (SSSR count). The Bertz CT molecular complexity index is 574. The van der Waals surface area contributed by atoms with Gasteiger partial charge in [0.25, 0.3) is 0 Å². The Labute approximate surface area is 133 Å². The van der Waals surface area contributed by atoms with Gasteiger partial charge in [-0.3, -0.25) is 0 Å². The summed E-state index contributed by atoms with van der Waals surface area (Å²) in [4.78, 5) is 4.42. The van der Waals surface area contributed by atoms with Crippen LogP contribution in [0.25, 0.3) is 0 Å². The zero-order valence-corrected chi connectivity index (χ0v) is 13.7. The summed E-state index contributed by atoms with van der Waals surface area (Å²) >= 11 is 7.38. The number of hydrogen-bond acceptors (Lipinski definition) is 5. The number of halogens is 1. The molecule has 114 valence electrons. The van der Waals surface area contributed by atoms with Crippen LogP contribution in [0, 0.1) is 0 Å². The molecule has 0 saturated carbocycles. The zero-order valence-electron chi connectivity index (χ0n) is 12.1. The molecule has 0 spiro atoms. The first kappa shape index (κ1) is 15.9. The molecule has 0 aliphatic carbocycles. The average molecular weight is 328 g/mol. The highest BCUT2D eigenvalue weighted by Crippen LogP contribution is 2.36. The molecule has 0 fully saturated rings. The van der Waals surface area contributed by atoms with Crippen molar-refractivity contribution in [3.63, 3.8) is 0 Å². The Hall–Kier alpha value is -1.46. The average Bonchev–Trinajstić information content (AvgIpc) is 2.99. The van der Waals surface area contributed by atoms with Crippen LogP contribution in [0.4, 0.5) is 0 Å². The van der Waals surface area contributed by atoms with E-state index in [1.165, 1.54) is 0 Å². The van der Waals surface area contributed by atoms with Crippen LogP contribution in [0.5, 0.6) is 17.2 Å². The van der Waals surface area contributed by atoms with Crippen molar-refractivity contribution in [2.24, 2.45) is 0 Å². The number of nitrogens with zero attached hydrogens (tertiary/aromatic N) is 1. The smallest absolute Gasteiger partial charge is 0.203 e. The number of aromatic nitrogens is 1. The summed E-state index contributed by atoms with van der Waals surface area (Å²) in [7, 11) is 3.21. The van der Waals surface area contributed by atoms with Crippen molar-refractivity contribution in [3.05, 3.63) is 34.3 Å². The summed E-state index contributed by atoms with van der Waals surface area (Å²) in [5.41, 5.74) is 0.937. The molecule has 21 heavy (non-hydrogen) atoms. The third-order valence-corrected chi connectivity index (χ3v) is 4.13. The van der Waals surface area contributed by atoms with E-state index in [1.54, 1.807) is 25.6 Å². The maximum Gasteiger partial charge on any atom is 0.203 e. The van der Waals surface area contributed by atoms with E-state index in [9.17, 15) is 0 Å². The van der Waals surface area contributed by atoms with Crippen LogP contribution >= 0.6 is 22.9 Å².